The molecule has 25 heavy (non-hydrogen) atoms. The molecular formula is C20H19ClN2O2. The van der Waals surface area contributed by atoms with Crippen molar-refractivity contribution >= 4 is 17.3 Å². The Kier molecular flexibility index (Phi) is 4.38. The number of halogens is 1. The molecule has 0 spiro atoms. The number of anilines is 1. The minimum absolute atomic E-state index is 0.0815. The number of rotatable bonds is 4. The normalized spacial score (nSPS) is 17.0. The first-order chi connectivity index (χ1) is 12.2. The zero-order chi connectivity index (χ0) is 17.2. The van der Waals surface area contributed by atoms with Gasteiger partial charge in [-0.25, -0.2) is 0 Å². The third-order valence-corrected chi connectivity index (χ3v) is 4.67. The summed E-state index contributed by atoms with van der Waals surface area (Å²) >= 11 is 5.97. The second-order valence-corrected chi connectivity index (χ2v) is 6.38. The van der Waals surface area contributed by atoms with Crippen LogP contribution in [0.3, 0.4) is 0 Å². The Hall–Kier alpha value is -2.43. The van der Waals surface area contributed by atoms with Crippen LogP contribution in [0.4, 0.5) is 5.69 Å². The van der Waals surface area contributed by atoms with Gasteiger partial charge in [-0.05, 0) is 54.6 Å². The van der Waals surface area contributed by atoms with Crippen LogP contribution in [0.15, 0.2) is 67.0 Å². The highest BCUT2D eigenvalue weighted by atomic mass is 35.5. The number of hydrogen-bond acceptors (Lipinski definition) is 3. The highest BCUT2D eigenvalue weighted by molar-refractivity contribution is 6.30. The Balaban J connectivity index is 1.59. The van der Waals surface area contributed by atoms with E-state index in [4.69, 9.17) is 21.1 Å². The average molecular weight is 355 g/mol. The van der Waals surface area contributed by atoms with E-state index in [9.17, 15) is 0 Å². The van der Waals surface area contributed by atoms with Crippen molar-refractivity contribution in [3.05, 3.63) is 77.6 Å². The van der Waals surface area contributed by atoms with Gasteiger partial charge in [-0.3, -0.25) is 0 Å². The Morgan fingerprint density at radius 2 is 1.72 bits per heavy atom. The second-order valence-electron chi connectivity index (χ2n) is 5.94. The van der Waals surface area contributed by atoms with Crippen LogP contribution >= 0.6 is 11.6 Å². The van der Waals surface area contributed by atoms with E-state index in [0.29, 0.717) is 6.61 Å². The van der Waals surface area contributed by atoms with Crippen LogP contribution in [0.25, 0.3) is 5.69 Å². The average Bonchev–Trinajstić information content (AvgIpc) is 3.31. The zero-order valence-electron chi connectivity index (χ0n) is 13.9. The molecule has 0 amide bonds. The van der Waals surface area contributed by atoms with Crippen LogP contribution in [0.5, 0.6) is 5.75 Å². The molecule has 0 saturated carbocycles. The van der Waals surface area contributed by atoms with E-state index in [0.717, 1.165) is 34.3 Å². The summed E-state index contributed by atoms with van der Waals surface area (Å²) in [6.07, 6.45) is 4.07. The highest BCUT2D eigenvalue weighted by Gasteiger charge is 2.28. The van der Waals surface area contributed by atoms with Gasteiger partial charge in [0.25, 0.3) is 0 Å². The molecule has 0 N–H and O–H groups in total. The maximum atomic E-state index is 5.99. The third kappa shape index (κ3) is 3.23. The van der Waals surface area contributed by atoms with Crippen molar-refractivity contribution in [1.29, 1.82) is 0 Å². The Bertz CT molecular complexity index is 843. The van der Waals surface area contributed by atoms with Gasteiger partial charge < -0.3 is 18.9 Å². The molecule has 1 fully saturated rings. The van der Waals surface area contributed by atoms with Gasteiger partial charge >= 0.3 is 0 Å². The van der Waals surface area contributed by atoms with Gasteiger partial charge in [-0.15, -0.1) is 0 Å². The number of hydrogen-bond donors (Lipinski definition) is 0. The predicted octanol–water partition coefficient (Wildman–Crippen LogP) is 4.67. The maximum absolute atomic E-state index is 5.99. The van der Waals surface area contributed by atoms with E-state index in [1.807, 2.05) is 42.6 Å². The molecule has 0 aliphatic carbocycles. The van der Waals surface area contributed by atoms with Crippen LogP contribution in [0.1, 0.15) is 11.8 Å². The summed E-state index contributed by atoms with van der Waals surface area (Å²) in [6.45, 7) is 1.58. The molecule has 1 atom stereocenters. The van der Waals surface area contributed by atoms with E-state index in [1.54, 1.807) is 7.11 Å². The van der Waals surface area contributed by atoms with Crippen LogP contribution in [-0.2, 0) is 4.74 Å². The number of methoxy groups -OCH3 is 1. The smallest absolute Gasteiger partial charge is 0.158 e. The maximum Gasteiger partial charge on any atom is 0.158 e. The summed E-state index contributed by atoms with van der Waals surface area (Å²) in [6, 6.07) is 18.0. The molecule has 1 aromatic heterocycles. The summed E-state index contributed by atoms with van der Waals surface area (Å²) < 4.78 is 13.3. The Morgan fingerprint density at radius 3 is 2.44 bits per heavy atom. The summed E-state index contributed by atoms with van der Waals surface area (Å²) in [5, 5.41) is 0.737. The first-order valence-electron chi connectivity index (χ1n) is 8.21. The number of benzene rings is 2. The van der Waals surface area contributed by atoms with Gasteiger partial charge in [0.2, 0.25) is 0 Å². The SMILES string of the molecule is COc1ccc(N2CCO[C@H]2c2ccn(-c3ccc(Cl)cc3)c2)cc1. The quantitative estimate of drug-likeness (QED) is 0.681. The van der Waals surface area contributed by atoms with E-state index in [1.165, 1.54) is 0 Å². The molecule has 4 nitrogen and oxygen atoms in total. The molecule has 2 heterocycles. The Labute approximate surface area is 152 Å². The van der Waals surface area contributed by atoms with Crippen molar-refractivity contribution in [2.75, 3.05) is 25.2 Å². The fraction of sp³-hybridized carbons (Fsp3) is 0.200. The molecule has 4 rings (SSSR count). The monoisotopic (exact) mass is 354 g/mol. The third-order valence-electron chi connectivity index (χ3n) is 4.42. The van der Waals surface area contributed by atoms with Crippen molar-refractivity contribution in [3.8, 4) is 11.4 Å². The van der Waals surface area contributed by atoms with Crippen molar-refractivity contribution in [2.45, 2.75) is 6.23 Å². The predicted molar refractivity (Wildman–Crippen MR) is 99.8 cm³/mol. The highest BCUT2D eigenvalue weighted by Crippen LogP contribution is 2.33. The number of aromatic nitrogens is 1. The van der Waals surface area contributed by atoms with Crippen LogP contribution in [-0.4, -0.2) is 24.8 Å². The van der Waals surface area contributed by atoms with Gasteiger partial charge in [0, 0.05) is 40.9 Å². The van der Waals surface area contributed by atoms with Crippen LogP contribution in [0.2, 0.25) is 5.02 Å². The topological polar surface area (TPSA) is 26.6 Å². The summed E-state index contributed by atoms with van der Waals surface area (Å²) in [7, 11) is 1.68. The number of ether oxygens (including phenoxy) is 2. The number of nitrogens with zero attached hydrogens (tertiary/aromatic N) is 2. The molecule has 2 aromatic carbocycles. The van der Waals surface area contributed by atoms with E-state index in [-0.39, 0.29) is 6.23 Å². The standard InChI is InChI=1S/C20H19ClN2O2/c1-24-19-8-6-18(7-9-19)23-12-13-25-20(23)15-10-11-22(14-15)17-4-2-16(21)3-5-17/h2-11,14,20H,12-13H2,1H3/t20-/m0/s1. The molecule has 1 aliphatic heterocycles. The van der Waals surface area contributed by atoms with Crippen molar-refractivity contribution in [1.82, 2.24) is 4.57 Å². The lowest BCUT2D eigenvalue weighted by molar-refractivity contribution is 0.114. The molecule has 1 aliphatic rings. The Morgan fingerprint density at radius 1 is 1.00 bits per heavy atom. The van der Waals surface area contributed by atoms with Crippen molar-refractivity contribution in [2.24, 2.45) is 0 Å². The van der Waals surface area contributed by atoms with E-state index >= 15 is 0 Å². The van der Waals surface area contributed by atoms with Crippen molar-refractivity contribution in [3.63, 3.8) is 0 Å². The van der Waals surface area contributed by atoms with E-state index < -0.39 is 0 Å². The minimum atomic E-state index is -0.0815. The molecule has 128 valence electrons. The largest absolute Gasteiger partial charge is 0.497 e. The molecule has 0 radical (unpaired) electrons. The summed E-state index contributed by atoms with van der Waals surface area (Å²) in [5.74, 6) is 0.856. The second kappa shape index (κ2) is 6.82. The van der Waals surface area contributed by atoms with Gasteiger partial charge in [-0.2, -0.15) is 0 Å². The van der Waals surface area contributed by atoms with Gasteiger partial charge in [-0.1, -0.05) is 11.6 Å². The molecule has 0 bridgehead atoms. The van der Waals surface area contributed by atoms with E-state index in [2.05, 4.69) is 33.9 Å². The summed E-state index contributed by atoms with van der Waals surface area (Å²) in [4.78, 5) is 2.26. The minimum Gasteiger partial charge on any atom is -0.497 e. The van der Waals surface area contributed by atoms with Gasteiger partial charge in [0.1, 0.15) is 5.75 Å². The summed E-state index contributed by atoms with van der Waals surface area (Å²) in [5.41, 5.74) is 3.33. The molecule has 1 saturated heterocycles. The molecule has 3 aromatic rings. The van der Waals surface area contributed by atoms with Crippen molar-refractivity contribution < 1.29 is 9.47 Å². The van der Waals surface area contributed by atoms with Gasteiger partial charge in [0.05, 0.1) is 13.7 Å². The lowest BCUT2D eigenvalue weighted by Gasteiger charge is -2.24. The fourth-order valence-corrected chi connectivity index (χ4v) is 3.24. The first-order valence-corrected chi connectivity index (χ1v) is 8.58. The fourth-order valence-electron chi connectivity index (χ4n) is 3.12. The van der Waals surface area contributed by atoms with Crippen LogP contribution in [0, 0.1) is 0 Å². The molecule has 5 heteroatoms. The lowest BCUT2D eigenvalue weighted by Crippen LogP contribution is -2.22. The molecule has 0 unspecified atom stereocenters. The van der Waals surface area contributed by atoms with Crippen LogP contribution < -0.4 is 9.64 Å². The van der Waals surface area contributed by atoms with Gasteiger partial charge in [0.15, 0.2) is 6.23 Å². The zero-order valence-corrected chi connectivity index (χ0v) is 14.7. The lowest BCUT2D eigenvalue weighted by atomic mass is 10.2. The molecular weight excluding hydrogens is 336 g/mol. The first kappa shape index (κ1) is 16.1.